The summed E-state index contributed by atoms with van der Waals surface area (Å²) in [4.78, 5) is 15.3. The molecule has 5 heteroatoms. The first kappa shape index (κ1) is 12.2. The van der Waals surface area contributed by atoms with E-state index in [1.807, 2.05) is 35.9 Å². The van der Waals surface area contributed by atoms with Gasteiger partial charge in [-0.05, 0) is 25.0 Å². The van der Waals surface area contributed by atoms with Crippen LogP contribution < -0.4 is 0 Å². The summed E-state index contributed by atoms with van der Waals surface area (Å²) in [6.07, 6.45) is 1.03. The standard InChI is InChI=1S/C14H16N2O3/c1-16-11-5-3-2-4-10(11)15-12(16)8-14(19)6-9(7-14)13(17)18/h2-5,9,19H,6-8H2,1H3,(H,17,18). The number of aryl methyl sites for hydroxylation is 1. The average molecular weight is 260 g/mol. The van der Waals surface area contributed by atoms with Crippen molar-refractivity contribution < 1.29 is 15.0 Å². The van der Waals surface area contributed by atoms with E-state index in [1.165, 1.54) is 0 Å². The lowest BCUT2D eigenvalue weighted by molar-refractivity contribution is -0.158. The van der Waals surface area contributed by atoms with Crippen molar-refractivity contribution in [2.24, 2.45) is 13.0 Å². The molecule has 1 aliphatic rings. The van der Waals surface area contributed by atoms with Gasteiger partial charge in [0.05, 0.1) is 22.6 Å². The minimum Gasteiger partial charge on any atom is -0.481 e. The molecule has 2 aromatic rings. The maximum absolute atomic E-state index is 10.8. The molecule has 1 aliphatic carbocycles. The zero-order chi connectivity index (χ0) is 13.6. The predicted molar refractivity (Wildman–Crippen MR) is 69.7 cm³/mol. The number of para-hydroxylation sites is 2. The number of fused-ring (bicyclic) bond motifs is 1. The maximum Gasteiger partial charge on any atom is 0.306 e. The van der Waals surface area contributed by atoms with Crippen molar-refractivity contribution >= 4 is 17.0 Å². The number of hydrogen-bond acceptors (Lipinski definition) is 3. The molecule has 19 heavy (non-hydrogen) atoms. The first-order valence-electron chi connectivity index (χ1n) is 6.34. The van der Waals surface area contributed by atoms with Gasteiger partial charge in [0.1, 0.15) is 5.82 Å². The van der Waals surface area contributed by atoms with Crippen LogP contribution in [0, 0.1) is 5.92 Å². The minimum absolute atomic E-state index is 0.311. The summed E-state index contributed by atoms with van der Waals surface area (Å²) < 4.78 is 1.96. The lowest BCUT2D eigenvalue weighted by Crippen LogP contribution is -2.48. The Morgan fingerprint density at radius 1 is 1.47 bits per heavy atom. The maximum atomic E-state index is 10.8. The van der Waals surface area contributed by atoms with Crippen molar-refractivity contribution in [1.29, 1.82) is 0 Å². The normalized spacial score (nSPS) is 26.3. The number of carbonyl (C=O) groups is 1. The number of imidazole rings is 1. The zero-order valence-corrected chi connectivity index (χ0v) is 10.7. The van der Waals surface area contributed by atoms with Gasteiger partial charge in [-0.15, -0.1) is 0 Å². The molecule has 0 radical (unpaired) electrons. The van der Waals surface area contributed by atoms with Crippen molar-refractivity contribution in [2.45, 2.75) is 24.9 Å². The Bertz CT molecular complexity index is 641. The van der Waals surface area contributed by atoms with E-state index in [9.17, 15) is 9.90 Å². The van der Waals surface area contributed by atoms with E-state index in [0.29, 0.717) is 19.3 Å². The summed E-state index contributed by atoms with van der Waals surface area (Å²) in [5.41, 5.74) is 1.01. The molecular weight excluding hydrogens is 244 g/mol. The van der Waals surface area contributed by atoms with Gasteiger partial charge >= 0.3 is 5.97 Å². The Kier molecular flexibility index (Phi) is 2.60. The number of benzene rings is 1. The highest BCUT2D eigenvalue weighted by Gasteiger charge is 2.46. The molecule has 0 bridgehead atoms. The van der Waals surface area contributed by atoms with E-state index in [0.717, 1.165) is 16.9 Å². The Balaban J connectivity index is 1.83. The third-order valence-corrected chi connectivity index (χ3v) is 3.97. The fourth-order valence-electron chi connectivity index (χ4n) is 2.82. The molecule has 1 aromatic heterocycles. The zero-order valence-electron chi connectivity index (χ0n) is 10.7. The van der Waals surface area contributed by atoms with Gasteiger partial charge in [0.2, 0.25) is 0 Å². The second kappa shape index (κ2) is 4.06. The van der Waals surface area contributed by atoms with Crippen molar-refractivity contribution in [3.63, 3.8) is 0 Å². The molecule has 0 atom stereocenters. The number of carboxylic acids is 1. The Hall–Kier alpha value is -1.88. The SMILES string of the molecule is Cn1c(CC2(O)CC(C(=O)O)C2)nc2ccccc21. The van der Waals surface area contributed by atoms with E-state index in [4.69, 9.17) is 5.11 Å². The molecule has 0 saturated heterocycles. The molecule has 5 nitrogen and oxygen atoms in total. The Morgan fingerprint density at radius 2 is 2.16 bits per heavy atom. The quantitative estimate of drug-likeness (QED) is 0.873. The lowest BCUT2D eigenvalue weighted by atomic mass is 9.69. The molecule has 100 valence electrons. The number of rotatable bonds is 3. The van der Waals surface area contributed by atoms with Crippen molar-refractivity contribution in [1.82, 2.24) is 9.55 Å². The summed E-state index contributed by atoms with van der Waals surface area (Å²) >= 11 is 0. The number of aliphatic hydroxyl groups is 1. The number of nitrogens with zero attached hydrogens (tertiary/aromatic N) is 2. The highest BCUT2D eigenvalue weighted by molar-refractivity contribution is 5.76. The summed E-state index contributed by atoms with van der Waals surface area (Å²) in [6, 6.07) is 7.80. The summed E-state index contributed by atoms with van der Waals surface area (Å²) in [6.45, 7) is 0. The van der Waals surface area contributed by atoms with E-state index in [2.05, 4.69) is 4.98 Å². The molecule has 2 N–H and O–H groups in total. The summed E-state index contributed by atoms with van der Waals surface area (Å²) in [7, 11) is 1.92. The van der Waals surface area contributed by atoms with Gasteiger partial charge in [0, 0.05) is 13.5 Å². The van der Waals surface area contributed by atoms with Crippen LogP contribution in [0.15, 0.2) is 24.3 Å². The number of hydrogen-bond donors (Lipinski definition) is 2. The van der Waals surface area contributed by atoms with E-state index in [-0.39, 0.29) is 0 Å². The van der Waals surface area contributed by atoms with Crippen LogP contribution in [0.1, 0.15) is 18.7 Å². The molecule has 0 aliphatic heterocycles. The lowest BCUT2D eigenvalue weighted by Gasteiger charge is -2.41. The fourth-order valence-corrected chi connectivity index (χ4v) is 2.82. The number of carboxylic acid groups (broad SMARTS) is 1. The molecule has 1 fully saturated rings. The Labute approximate surface area is 110 Å². The van der Waals surface area contributed by atoms with E-state index < -0.39 is 17.5 Å². The highest BCUT2D eigenvalue weighted by atomic mass is 16.4. The van der Waals surface area contributed by atoms with Crippen LogP contribution in [0.25, 0.3) is 11.0 Å². The molecular formula is C14H16N2O3. The topological polar surface area (TPSA) is 75.4 Å². The van der Waals surface area contributed by atoms with Crippen LogP contribution in [0.2, 0.25) is 0 Å². The highest BCUT2D eigenvalue weighted by Crippen LogP contribution is 2.40. The third kappa shape index (κ3) is 2.00. The monoisotopic (exact) mass is 260 g/mol. The van der Waals surface area contributed by atoms with Gasteiger partial charge in [-0.2, -0.15) is 0 Å². The second-order valence-electron chi connectivity index (χ2n) is 5.42. The molecule has 1 heterocycles. The number of aromatic nitrogens is 2. The van der Waals surface area contributed by atoms with Gasteiger partial charge in [-0.3, -0.25) is 4.79 Å². The molecule has 1 saturated carbocycles. The van der Waals surface area contributed by atoms with Crippen LogP contribution in [0.4, 0.5) is 0 Å². The molecule has 1 aromatic carbocycles. The predicted octanol–water partition coefficient (Wildman–Crippen LogP) is 1.34. The van der Waals surface area contributed by atoms with Gasteiger partial charge in [-0.25, -0.2) is 4.98 Å². The molecule has 0 spiro atoms. The number of aliphatic carboxylic acids is 1. The van der Waals surface area contributed by atoms with Crippen LogP contribution in [0.5, 0.6) is 0 Å². The van der Waals surface area contributed by atoms with Crippen LogP contribution in [0.3, 0.4) is 0 Å². The Morgan fingerprint density at radius 3 is 2.79 bits per heavy atom. The molecule has 0 amide bonds. The van der Waals surface area contributed by atoms with Crippen LogP contribution >= 0.6 is 0 Å². The van der Waals surface area contributed by atoms with Gasteiger partial charge in [0.25, 0.3) is 0 Å². The van der Waals surface area contributed by atoms with Crippen molar-refractivity contribution in [2.75, 3.05) is 0 Å². The summed E-state index contributed by atoms with van der Waals surface area (Å²) in [5.74, 6) is -0.443. The largest absolute Gasteiger partial charge is 0.481 e. The van der Waals surface area contributed by atoms with Gasteiger partial charge < -0.3 is 14.8 Å². The second-order valence-corrected chi connectivity index (χ2v) is 5.42. The smallest absolute Gasteiger partial charge is 0.306 e. The fraction of sp³-hybridized carbons (Fsp3) is 0.429. The molecule has 3 rings (SSSR count). The average Bonchev–Trinajstić information content (AvgIpc) is 2.63. The first-order chi connectivity index (χ1) is 8.98. The minimum atomic E-state index is -0.918. The first-order valence-corrected chi connectivity index (χ1v) is 6.34. The van der Waals surface area contributed by atoms with Crippen LogP contribution in [-0.2, 0) is 18.3 Å². The van der Waals surface area contributed by atoms with E-state index in [1.54, 1.807) is 0 Å². The summed E-state index contributed by atoms with van der Waals surface area (Å²) in [5, 5.41) is 19.2. The third-order valence-electron chi connectivity index (χ3n) is 3.97. The molecule has 0 unspecified atom stereocenters. The van der Waals surface area contributed by atoms with Gasteiger partial charge in [0.15, 0.2) is 0 Å². The van der Waals surface area contributed by atoms with Gasteiger partial charge in [-0.1, -0.05) is 12.1 Å². The van der Waals surface area contributed by atoms with E-state index >= 15 is 0 Å². The van der Waals surface area contributed by atoms with Crippen molar-refractivity contribution in [3.05, 3.63) is 30.1 Å². The van der Waals surface area contributed by atoms with Crippen LogP contribution in [-0.4, -0.2) is 31.3 Å². The van der Waals surface area contributed by atoms with Crippen molar-refractivity contribution in [3.8, 4) is 0 Å².